The Morgan fingerprint density at radius 1 is 1.15 bits per heavy atom. The van der Waals surface area contributed by atoms with E-state index in [-0.39, 0.29) is 11.6 Å². The molecule has 0 aliphatic heterocycles. The molecule has 26 heavy (non-hydrogen) atoms. The van der Waals surface area contributed by atoms with Gasteiger partial charge in [-0.05, 0) is 36.4 Å². The Bertz CT molecular complexity index is 1020. The molecular weight excluding hydrogens is 425 g/mol. The summed E-state index contributed by atoms with van der Waals surface area (Å²) in [6.07, 6.45) is 0. The van der Waals surface area contributed by atoms with E-state index in [9.17, 15) is 14.0 Å². The van der Waals surface area contributed by atoms with Crippen molar-refractivity contribution >= 4 is 39.1 Å². The minimum atomic E-state index is -0.579. The molecule has 0 unspecified atom stereocenters. The largest absolute Gasteiger partial charge is 0.324 e. The highest BCUT2D eigenvalue weighted by atomic mass is 79.9. The standard InChI is InChI=1S/C18H12BrClFN3O2/c19-12-3-1-11(2-4-12)16-7-8-18(26)24(23-16)10-17(25)22-13-5-6-15(21)14(20)9-13/h1-9H,10H2,(H,22,25). The fourth-order valence-corrected chi connectivity index (χ4v) is 2.69. The van der Waals surface area contributed by atoms with Crippen LogP contribution in [0.15, 0.2) is 63.9 Å². The Morgan fingerprint density at radius 3 is 2.58 bits per heavy atom. The highest BCUT2D eigenvalue weighted by Gasteiger charge is 2.10. The van der Waals surface area contributed by atoms with Gasteiger partial charge in [0.1, 0.15) is 12.4 Å². The average molecular weight is 437 g/mol. The average Bonchev–Trinajstić information content (AvgIpc) is 2.61. The number of hydrogen-bond donors (Lipinski definition) is 1. The zero-order chi connectivity index (χ0) is 18.7. The smallest absolute Gasteiger partial charge is 0.267 e. The lowest BCUT2D eigenvalue weighted by atomic mass is 10.1. The summed E-state index contributed by atoms with van der Waals surface area (Å²) in [6, 6.07) is 14.2. The van der Waals surface area contributed by atoms with Gasteiger partial charge in [0.05, 0.1) is 10.7 Å². The van der Waals surface area contributed by atoms with E-state index in [1.165, 1.54) is 18.2 Å². The first-order valence-electron chi connectivity index (χ1n) is 7.51. The predicted molar refractivity (Wildman–Crippen MR) is 102 cm³/mol. The van der Waals surface area contributed by atoms with Crippen LogP contribution in [0.3, 0.4) is 0 Å². The normalized spacial score (nSPS) is 10.6. The van der Waals surface area contributed by atoms with Crippen molar-refractivity contribution in [2.75, 3.05) is 5.32 Å². The Morgan fingerprint density at radius 2 is 1.88 bits per heavy atom. The fourth-order valence-electron chi connectivity index (χ4n) is 2.25. The van der Waals surface area contributed by atoms with Crippen molar-refractivity contribution in [3.63, 3.8) is 0 Å². The van der Waals surface area contributed by atoms with Crippen LogP contribution in [0, 0.1) is 5.82 Å². The molecule has 0 aliphatic rings. The van der Waals surface area contributed by atoms with Crippen LogP contribution in [-0.2, 0) is 11.3 Å². The number of anilines is 1. The SMILES string of the molecule is O=C(Cn1nc(-c2ccc(Br)cc2)ccc1=O)Nc1ccc(F)c(Cl)c1. The van der Waals surface area contributed by atoms with Crippen LogP contribution in [-0.4, -0.2) is 15.7 Å². The van der Waals surface area contributed by atoms with E-state index < -0.39 is 17.3 Å². The Balaban J connectivity index is 1.79. The number of aromatic nitrogens is 2. The summed E-state index contributed by atoms with van der Waals surface area (Å²) in [4.78, 5) is 24.2. The van der Waals surface area contributed by atoms with Gasteiger partial charge in [-0.25, -0.2) is 9.07 Å². The van der Waals surface area contributed by atoms with Gasteiger partial charge in [-0.15, -0.1) is 0 Å². The Labute approximate surface area is 161 Å². The first-order chi connectivity index (χ1) is 12.4. The molecule has 0 bridgehead atoms. The highest BCUT2D eigenvalue weighted by molar-refractivity contribution is 9.10. The first kappa shape index (κ1) is 18.3. The predicted octanol–water partition coefficient (Wildman–Crippen LogP) is 4.10. The summed E-state index contributed by atoms with van der Waals surface area (Å²) in [5.41, 5.74) is 1.30. The molecule has 0 radical (unpaired) electrons. The van der Waals surface area contributed by atoms with Gasteiger partial charge >= 0.3 is 0 Å². The van der Waals surface area contributed by atoms with Crippen LogP contribution < -0.4 is 10.9 Å². The van der Waals surface area contributed by atoms with Crippen molar-refractivity contribution in [1.29, 1.82) is 0 Å². The Hall–Kier alpha value is -2.51. The molecule has 0 saturated heterocycles. The summed E-state index contributed by atoms with van der Waals surface area (Å²) < 4.78 is 15.2. The lowest BCUT2D eigenvalue weighted by molar-refractivity contribution is -0.117. The number of carbonyl (C=O) groups excluding carboxylic acids is 1. The number of rotatable bonds is 4. The molecule has 1 N–H and O–H groups in total. The van der Waals surface area contributed by atoms with Crippen molar-refractivity contribution < 1.29 is 9.18 Å². The maximum atomic E-state index is 13.2. The molecule has 5 nitrogen and oxygen atoms in total. The molecule has 8 heteroatoms. The molecule has 0 saturated carbocycles. The summed E-state index contributed by atoms with van der Waals surface area (Å²) in [6.45, 7) is -0.280. The third-order valence-corrected chi connectivity index (χ3v) is 4.32. The Kier molecular flexibility index (Phi) is 5.49. The maximum Gasteiger partial charge on any atom is 0.267 e. The molecule has 3 rings (SSSR count). The fraction of sp³-hybridized carbons (Fsp3) is 0.0556. The van der Waals surface area contributed by atoms with Gasteiger partial charge in [-0.1, -0.05) is 39.7 Å². The second-order valence-electron chi connectivity index (χ2n) is 5.40. The van der Waals surface area contributed by atoms with Gasteiger partial charge in [-0.2, -0.15) is 5.10 Å². The van der Waals surface area contributed by atoms with Gasteiger partial charge < -0.3 is 5.32 Å². The molecular formula is C18H12BrClFN3O2. The molecule has 0 atom stereocenters. The van der Waals surface area contributed by atoms with Crippen LogP contribution in [0.4, 0.5) is 10.1 Å². The second-order valence-corrected chi connectivity index (χ2v) is 6.72. The van der Waals surface area contributed by atoms with Crippen molar-refractivity contribution in [2.24, 2.45) is 0 Å². The van der Waals surface area contributed by atoms with Gasteiger partial charge in [0.25, 0.3) is 5.56 Å². The lowest BCUT2D eigenvalue weighted by Crippen LogP contribution is -2.29. The number of carbonyl (C=O) groups is 1. The van der Waals surface area contributed by atoms with E-state index in [4.69, 9.17) is 11.6 Å². The minimum Gasteiger partial charge on any atom is -0.324 e. The third kappa shape index (κ3) is 4.36. The summed E-state index contributed by atoms with van der Waals surface area (Å²) in [7, 11) is 0. The summed E-state index contributed by atoms with van der Waals surface area (Å²) in [5.74, 6) is -1.06. The number of amides is 1. The van der Waals surface area contributed by atoms with E-state index in [1.54, 1.807) is 6.07 Å². The van der Waals surface area contributed by atoms with E-state index in [0.29, 0.717) is 11.4 Å². The van der Waals surface area contributed by atoms with Crippen LogP contribution in [0.5, 0.6) is 0 Å². The molecule has 2 aromatic carbocycles. The summed E-state index contributed by atoms with van der Waals surface area (Å²) in [5, 5.41) is 6.68. The molecule has 132 valence electrons. The molecule has 1 heterocycles. The van der Waals surface area contributed by atoms with Gasteiger partial charge in [0, 0.05) is 21.8 Å². The zero-order valence-corrected chi connectivity index (χ0v) is 15.6. The second kappa shape index (κ2) is 7.80. The van der Waals surface area contributed by atoms with E-state index >= 15 is 0 Å². The molecule has 0 aliphatic carbocycles. The van der Waals surface area contributed by atoms with E-state index in [1.807, 2.05) is 24.3 Å². The molecule has 0 spiro atoms. The monoisotopic (exact) mass is 435 g/mol. The summed E-state index contributed by atoms with van der Waals surface area (Å²) >= 11 is 9.04. The molecule has 1 amide bonds. The zero-order valence-electron chi connectivity index (χ0n) is 13.2. The first-order valence-corrected chi connectivity index (χ1v) is 8.68. The molecule has 1 aromatic heterocycles. The number of halogens is 3. The maximum absolute atomic E-state index is 13.2. The van der Waals surface area contributed by atoms with Gasteiger partial charge in [-0.3, -0.25) is 9.59 Å². The van der Waals surface area contributed by atoms with Crippen LogP contribution in [0.2, 0.25) is 5.02 Å². The number of nitrogens with one attached hydrogen (secondary N) is 1. The van der Waals surface area contributed by atoms with Crippen molar-refractivity contribution in [2.45, 2.75) is 6.54 Å². The quantitative estimate of drug-likeness (QED) is 0.670. The van der Waals surface area contributed by atoms with Crippen LogP contribution in [0.1, 0.15) is 0 Å². The van der Waals surface area contributed by atoms with Crippen LogP contribution >= 0.6 is 27.5 Å². The van der Waals surface area contributed by atoms with Gasteiger partial charge in [0.15, 0.2) is 0 Å². The number of nitrogens with zero attached hydrogens (tertiary/aromatic N) is 2. The number of hydrogen-bond acceptors (Lipinski definition) is 3. The van der Waals surface area contributed by atoms with Gasteiger partial charge in [0.2, 0.25) is 5.91 Å². The highest BCUT2D eigenvalue weighted by Crippen LogP contribution is 2.20. The molecule has 3 aromatic rings. The van der Waals surface area contributed by atoms with E-state index in [0.717, 1.165) is 20.8 Å². The van der Waals surface area contributed by atoms with Crippen molar-refractivity contribution in [3.8, 4) is 11.3 Å². The van der Waals surface area contributed by atoms with Crippen molar-refractivity contribution in [1.82, 2.24) is 9.78 Å². The topological polar surface area (TPSA) is 64.0 Å². The third-order valence-electron chi connectivity index (χ3n) is 3.50. The van der Waals surface area contributed by atoms with Crippen LogP contribution in [0.25, 0.3) is 11.3 Å². The lowest BCUT2D eigenvalue weighted by Gasteiger charge is -2.09. The molecule has 0 fully saturated rings. The van der Waals surface area contributed by atoms with Crippen molar-refractivity contribution in [3.05, 3.63) is 80.3 Å². The number of benzene rings is 2. The van der Waals surface area contributed by atoms with E-state index in [2.05, 4.69) is 26.3 Å². The minimum absolute atomic E-state index is 0.102.